The van der Waals surface area contributed by atoms with Gasteiger partial charge in [-0.1, -0.05) is 0 Å². The van der Waals surface area contributed by atoms with Crippen molar-refractivity contribution in [1.29, 1.82) is 0 Å². The number of amides is 1. The summed E-state index contributed by atoms with van der Waals surface area (Å²) in [6.07, 6.45) is 1.35. The highest BCUT2D eigenvalue weighted by Gasteiger charge is 2.27. The summed E-state index contributed by atoms with van der Waals surface area (Å²) in [5.74, 6) is 0.645. The Morgan fingerprint density at radius 2 is 1.79 bits per heavy atom. The van der Waals surface area contributed by atoms with Crippen LogP contribution in [0.4, 0.5) is 5.69 Å². The van der Waals surface area contributed by atoms with Crippen molar-refractivity contribution in [1.82, 2.24) is 4.90 Å². The molecule has 1 aromatic rings. The Hall–Kier alpha value is -2.24. The van der Waals surface area contributed by atoms with Crippen LogP contribution < -0.4 is 10.1 Å². The van der Waals surface area contributed by atoms with E-state index < -0.39 is 0 Å². The fourth-order valence-electron chi connectivity index (χ4n) is 2.75. The maximum Gasteiger partial charge on any atom is 0.309 e. The van der Waals surface area contributed by atoms with Crippen LogP contribution in [0.2, 0.25) is 0 Å². The van der Waals surface area contributed by atoms with Crippen LogP contribution in [0.3, 0.4) is 0 Å². The van der Waals surface area contributed by atoms with E-state index in [0.717, 1.165) is 11.4 Å². The number of benzene rings is 1. The number of nitrogens with zero attached hydrogens (tertiary/aromatic N) is 1. The Balaban J connectivity index is 1.74. The lowest BCUT2D eigenvalue weighted by Gasteiger charge is -2.31. The Bertz CT molecular complexity index is 536. The van der Waals surface area contributed by atoms with E-state index in [1.165, 1.54) is 0 Å². The second-order valence-electron chi connectivity index (χ2n) is 5.72. The van der Waals surface area contributed by atoms with Gasteiger partial charge in [0.15, 0.2) is 0 Å². The van der Waals surface area contributed by atoms with Gasteiger partial charge < -0.3 is 19.7 Å². The van der Waals surface area contributed by atoms with E-state index in [2.05, 4.69) is 5.32 Å². The summed E-state index contributed by atoms with van der Waals surface area (Å²) >= 11 is 0. The molecule has 1 aliphatic rings. The zero-order valence-corrected chi connectivity index (χ0v) is 14.4. The molecule has 1 N–H and O–H groups in total. The van der Waals surface area contributed by atoms with Crippen LogP contribution in [0.5, 0.6) is 5.75 Å². The molecule has 2 rings (SSSR count). The molecule has 132 valence electrons. The van der Waals surface area contributed by atoms with Gasteiger partial charge >= 0.3 is 5.97 Å². The standard InChI is InChI=1S/C18H26N2O4/c1-3-23-16-7-5-15(6-8-16)19-13-17(21)20-11-9-14(10-12-20)18(22)24-4-2/h5-8,14,19H,3-4,9-13H2,1-2H3. The van der Waals surface area contributed by atoms with Crippen molar-refractivity contribution in [2.24, 2.45) is 5.92 Å². The summed E-state index contributed by atoms with van der Waals surface area (Å²) in [5.41, 5.74) is 0.883. The number of esters is 1. The molecule has 0 aromatic heterocycles. The van der Waals surface area contributed by atoms with Gasteiger partial charge in [0, 0.05) is 18.8 Å². The number of carbonyl (C=O) groups is 2. The quantitative estimate of drug-likeness (QED) is 0.775. The molecule has 1 saturated heterocycles. The molecule has 1 heterocycles. The zero-order chi connectivity index (χ0) is 17.4. The Kier molecular flexibility index (Phi) is 6.90. The molecule has 0 atom stereocenters. The van der Waals surface area contributed by atoms with Gasteiger partial charge in [0.25, 0.3) is 0 Å². The summed E-state index contributed by atoms with van der Waals surface area (Å²) in [7, 11) is 0. The number of rotatable bonds is 7. The highest BCUT2D eigenvalue weighted by molar-refractivity contribution is 5.81. The van der Waals surface area contributed by atoms with Crippen LogP contribution in [0.15, 0.2) is 24.3 Å². The van der Waals surface area contributed by atoms with Crippen LogP contribution in [-0.2, 0) is 14.3 Å². The minimum Gasteiger partial charge on any atom is -0.494 e. The molecule has 6 heteroatoms. The number of likely N-dealkylation sites (tertiary alicyclic amines) is 1. The number of nitrogens with one attached hydrogen (secondary N) is 1. The molecule has 1 fully saturated rings. The van der Waals surface area contributed by atoms with Gasteiger partial charge in [-0.3, -0.25) is 9.59 Å². The van der Waals surface area contributed by atoms with Crippen LogP contribution in [0.25, 0.3) is 0 Å². The zero-order valence-electron chi connectivity index (χ0n) is 14.4. The molecule has 0 unspecified atom stereocenters. The third kappa shape index (κ3) is 5.15. The maximum atomic E-state index is 12.3. The van der Waals surface area contributed by atoms with Crippen molar-refractivity contribution in [2.75, 3.05) is 38.2 Å². The number of carbonyl (C=O) groups excluding carboxylic acids is 2. The van der Waals surface area contributed by atoms with Gasteiger partial charge in [0.2, 0.25) is 5.91 Å². The monoisotopic (exact) mass is 334 g/mol. The van der Waals surface area contributed by atoms with Crippen LogP contribution >= 0.6 is 0 Å². The molecule has 1 aliphatic heterocycles. The molecule has 0 saturated carbocycles. The molecule has 1 aromatic carbocycles. The first-order chi connectivity index (χ1) is 11.6. The minimum atomic E-state index is -0.142. The van der Waals surface area contributed by atoms with Crippen LogP contribution in [-0.4, -0.2) is 49.6 Å². The van der Waals surface area contributed by atoms with Crippen LogP contribution in [0.1, 0.15) is 26.7 Å². The van der Waals surface area contributed by atoms with Gasteiger partial charge in [0.1, 0.15) is 5.75 Å². The minimum absolute atomic E-state index is 0.0474. The molecule has 0 radical (unpaired) electrons. The van der Waals surface area contributed by atoms with Crippen molar-refractivity contribution < 1.29 is 19.1 Å². The second-order valence-corrected chi connectivity index (χ2v) is 5.72. The van der Waals surface area contributed by atoms with E-state index in [1.807, 2.05) is 38.1 Å². The number of anilines is 1. The summed E-state index contributed by atoms with van der Waals surface area (Å²) in [6.45, 7) is 6.24. The van der Waals surface area contributed by atoms with Crippen LogP contribution in [0, 0.1) is 5.92 Å². The van der Waals surface area contributed by atoms with Gasteiger partial charge in [-0.2, -0.15) is 0 Å². The van der Waals surface area contributed by atoms with E-state index >= 15 is 0 Å². The first kappa shape index (κ1) is 18.1. The normalized spacial score (nSPS) is 15.0. The van der Waals surface area contributed by atoms with Crippen molar-refractivity contribution in [3.05, 3.63) is 24.3 Å². The number of hydrogen-bond acceptors (Lipinski definition) is 5. The maximum absolute atomic E-state index is 12.3. The molecule has 0 bridgehead atoms. The van der Waals surface area contributed by atoms with Gasteiger partial charge in [-0.05, 0) is 51.0 Å². The third-order valence-electron chi connectivity index (χ3n) is 4.08. The summed E-state index contributed by atoms with van der Waals surface area (Å²) < 4.78 is 10.4. The summed E-state index contributed by atoms with van der Waals surface area (Å²) in [4.78, 5) is 25.8. The molecule has 1 amide bonds. The largest absolute Gasteiger partial charge is 0.494 e. The average molecular weight is 334 g/mol. The Labute approximate surface area is 143 Å². The van der Waals surface area contributed by atoms with E-state index in [4.69, 9.17) is 9.47 Å². The molecule has 6 nitrogen and oxygen atoms in total. The highest BCUT2D eigenvalue weighted by Crippen LogP contribution is 2.19. The van der Waals surface area contributed by atoms with Crippen molar-refractivity contribution >= 4 is 17.6 Å². The number of piperidine rings is 1. The highest BCUT2D eigenvalue weighted by atomic mass is 16.5. The van der Waals surface area contributed by atoms with E-state index in [1.54, 1.807) is 4.90 Å². The Morgan fingerprint density at radius 3 is 2.38 bits per heavy atom. The van der Waals surface area contributed by atoms with Gasteiger partial charge in [-0.15, -0.1) is 0 Å². The fourth-order valence-corrected chi connectivity index (χ4v) is 2.75. The number of ether oxygens (including phenoxy) is 2. The van der Waals surface area contributed by atoms with Crippen molar-refractivity contribution in [3.8, 4) is 5.75 Å². The fraction of sp³-hybridized carbons (Fsp3) is 0.556. The first-order valence-electron chi connectivity index (χ1n) is 8.55. The Morgan fingerprint density at radius 1 is 1.12 bits per heavy atom. The molecule has 0 spiro atoms. The second kappa shape index (κ2) is 9.15. The lowest BCUT2D eigenvalue weighted by atomic mass is 9.97. The average Bonchev–Trinajstić information content (AvgIpc) is 2.61. The first-order valence-corrected chi connectivity index (χ1v) is 8.55. The van der Waals surface area contributed by atoms with E-state index in [9.17, 15) is 9.59 Å². The van der Waals surface area contributed by atoms with Crippen molar-refractivity contribution in [2.45, 2.75) is 26.7 Å². The SMILES string of the molecule is CCOC(=O)C1CCN(C(=O)CNc2ccc(OCC)cc2)CC1. The summed E-state index contributed by atoms with van der Waals surface area (Å²) in [6, 6.07) is 7.54. The lowest BCUT2D eigenvalue weighted by Crippen LogP contribution is -2.43. The molecular formula is C18H26N2O4. The molecule has 24 heavy (non-hydrogen) atoms. The summed E-state index contributed by atoms with van der Waals surface area (Å²) in [5, 5.41) is 3.13. The molecular weight excluding hydrogens is 308 g/mol. The topological polar surface area (TPSA) is 67.9 Å². The smallest absolute Gasteiger partial charge is 0.309 e. The van der Waals surface area contributed by atoms with Gasteiger partial charge in [0.05, 0.1) is 25.7 Å². The van der Waals surface area contributed by atoms with Gasteiger partial charge in [-0.25, -0.2) is 0 Å². The predicted octanol–water partition coefficient (Wildman–Crippen LogP) is 2.30. The van der Waals surface area contributed by atoms with E-state index in [0.29, 0.717) is 39.1 Å². The predicted molar refractivity (Wildman–Crippen MR) is 92.0 cm³/mol. The van der Waals surface area contributed by atoms with Crippen molar-refractivity contribution in [3.63, 3.8) is 0 Å². The van der Waals surface area contributed by atoms with E-state index in [-0.39, 0.29) is 24.3 Å². The number of hydrogen-bond donors (Lipinski definition) is 1. The lowest BCUT2D eigenvalue weighted by molar-refractivity contribution is -0.151. The third-order valence-corrected chi connectivity index (χ3v) is 4.08. The molecule has 0 aliphatic carbocycles.